The Balaban J connectivity index is 1.37. The van der Waals surface area contributed by atoms with E-state index >= 15 is 0 Å². The van der Waals surface area contributed by atoms with Crippen LogP contribution in [0.25, 0.3) is 16.3 Å². The van der Waals surface area contributed by atoms with Crippen molar-refractivity contribution in [3.63, 3.8) is 0 Å². The number of para-hydroxylation sites is 1. The van der Waals surface area contributed by atoms with Gasteiger partial charge in [0, 0.05) is 18.8 Å². The van der Waals surface area contributed by atoms with E-state index in [-0.39, 0.29) is 10.8 Å². The van der Waals surface area contributed by atoms with E-state index in [1.165, 1.54) is 18.2 Å². The van der Waals surface area contributed by atoms with E-state index in [9.17, 15) is 13.2 Å². The van der Waals surface area contributed by atoms with Crippen LogP contribution in [0, 0.1) is 0 Å². The van der Waals surface area contributed by atoms with Crippen LogP contribution in [-0.2, 0) is 21.4 Å². The highest BCUT2D eigenvalue weighted by molar-refractivity contribution is 7.92. The summed E-state index contributed by atoms with van der Waals surface area (Å²) in [4.78, 5) is 18.8. The molecule has 4 aromatic rings. The molecule has 0 spiro atoms. The molecule has 0 aliphatic rings. The Hall–Kier alpha value is -3.69. The number of sulfonamides is 1. The van der Waals surface area contributed by atoms with Crippen LogP contribution in [0.4, 0.5) is 5.69 Å². The molecule has 0 aliphatic heterocycles. The zero-order chi connectivity index (χ0) is 24.1. The van der Waals surface area contributed by atoms with Crippen molar-refractivity contribution in [3.8, 4) is 5.75 Å². The number of benzene rings is 3. The van der Waals surface area contributed by atoms with Crippen LogP contribution in [0.3, 0.4) is 0 Å². The zero-order valence-corrected chi connectivity index (χ0v) is 20.3. The maximum absolute atomic E-state index is 12.6. The lowest BCUT2D eigenvalue weighted by Gasteiger charge is -2.12. The number of methoxy groups -OCH3 is 1. The summed E-state index contributed by atoms with van der Waals surface area (Å²) in [5.74, 6) is 0.469. The third-order valence-electron chi connectivity index (χ3n) is 5.04. The summed E-state index contributed by atoms with van der Waals surface area (Å²) in [6.07, 6.45) is 3.12. The number of aromatic nitrogens is 1. The van der Waals surface area contributed by atoms with Gasteiger partial charge in [-0.1, -0.05) is 24.3 Å². The molecule has 0 radical (unpaired) electrons. The molecule has 0 saturated heterocycles. The Morgan fingerprint density at radius 1 is 1.06 bits per heavy atom. The largest absolute Gasteiger partial charge is 0.497 e. The van der Waals surface area contributed by atoms with Crippen molar-refractivity contribution in [2.24, 2.45) is 0 Å². The van der Waals surface area contributed by atoms with Crippen LogP contribution >= 0.6 is 11.3 Å². The lowest BCUT2D eigenvalue weighted by molar-refractivity contribution is -0.125. The Kier molecular flexibility index (Phi) is 6.95. The Morgan fingerprint density at radius 2 is 1.76 bits per heavy atom. The summed E-state index contributed by atoms with van der Waals surface area (Å²) in [7, 11) is -0.470. The van der Waals surface area contributed by atoms with Gasteiger partial charge in [-0.05, 0) is 60.2 Å². The number of hydrogen-bond donors (Lipinski definition) is 1. The van der Waals surface area contributed by atoms with Gasteiger partial charge < -0.3 is 9.64 Å². The molecule has 0 atom stereocenters. The number of likely N-dealkylation sites (N-methyl/N-ethyl adjacent to an activating group) is 1. The van der Waals surface area contributed by atoms with Crippen molar-refractivity contribution in [3.05, 3.63) is 89.4 Å². The molecule has 1 amide bonds. The molecule has 4 rings (SSSR count). The van der Waals surface area contributed by atoms with E-state index in [1.807, 2.05) is 24.3 Å². The minimum Gasteiger partial charge on any atom is -0.497 e. The highest BCUT2D eigenvalue weighted by Crippen LogP contribution is 2.23. The van der Waals surface area contributed by atoms with Crippen molar-refractivity contribution >= 4 is 49.2 Å². The third kappa shape index (κ3) is 5.62. The number of amides is 1. The maximum Gasteiger partial charge on any atom is 0.261 e. The Bertz CT molecular complexity index is 1390. The fourth-order valence-corrected chi connectivity index (χ4v) is 5.27. The fraction of sp³-hybridized carbons (Fsp3) is 0.120. The standard InChI is InChI=1S/C25H23N3O4S2/c1-28(17-24-26-22-5-3-4-6-23(22)33-24)25(29)16-9-18-7-14-21(15-8-18)34(30,31)27-19-10-12-20(32-2)13-11-19/h3-16,27H,17H2,1-2H3. The molecule has 3 aromatic carbocycles. The first-order chi connectivity index (χ1) is 16.3. The highest BCUT2D eigenvalue weighted by Gasteiger charge is 2.14. The van der Waals surface area contributed by atoms with E-state index in [4.69, 9.17) is 4.74 Å². The summed E-state index contributed by atoms with van der Waals surface area (Å²) >= 11 is 1.57. The van der Waals surface area contributed by atoms with Gasteiger partial charge in [0.15, 0.2) is 0 Å². The molecule has 0 bridgehead atoms. The van der Waals surface area contributed by atoms with E-state index in [0.717, 1.165) is 15.2 Å². The zero-order valence-electron chi connectivity index (χ0n) is 18.6. The first-order valence-corrected chi connectivity index (χ1v) is 12.7. The van der Waals surface area contributed by atoms with Gasteiger partial charge >= 0.3 is 0 Å². The van der Waals surface area contributed by atoms with Crippen molar-refractivity contribution in [1.29, 1.82) is 0 Å². The molecule has 174 valence electrons. The molecule has 0 saturated carbocycles. The normalized spacial score (nSPS) is 11.6. The topological polar surface area (TPSA) is 88.6 Å². The average Bonchev–Trinajstić information content (AvgIpc) is 3.25. The maximum atomic E-state index is 12.6. The number of carbonyl (C=O) groups excluding carboxylic acids is 1. The highest BCUT2D eigenvalue weighted by atomic mass is 32.2. The molecule has 0 aliphatic carbocycles. The predicted molar refractivity (Wildman–Crippen MR) is 135 cm³/mol. The summed E-state index contributed by atoms with van der Waals surface area (Å²) in [6.45, 7) is 0.413. The lowest BCUT2D eigenvalue weighted by atomic mass is 10.2. The molecule has 7 nitrogen and oxygen atoms in total. The molecule has 1 heterocycles. The molecule has 1 aromatic heterocycles. The summed E-state index contributed by atoms with van der Waals surface area (Å²) in [5, 5.41) is 0.865. The Labute approximate surface area is 202 Å². The second-order valence-electron chi connectivity index (χ2n) is 7.51. The lowest BCUT2D eigenvalue weighted by Crippen LogP contribution is -2.23. The number of fused-ring (bicyclic) bond motifs is 1. The van der Waals surface area contributed by atoms with Crippen LogP contribution in [0.5, 0.6) is 5.75 Å². The monoisotopic (exact) mass is 493 g/mol. The minimum absolute atomic E-state index is 0.125. The smallest absolute Gasteiger partial charge is 0.261 e. The first-order valence-electron chi connectivity index (χ1n) is 10.4. The average molecular weight is 494 g/mol. The number of rotatable bonds is 8. The second-order valence-corrected chi connectivity index (χ2v) is 10.3. The van der Waals surface area contributed by atoms with Gasteiger partial charge in [-0.25, -0.2) is 13.4 Å². The number of ether oxygens (including phenoxy) is 1. The summed E-state index contributed by atoms with van der Waals surface area (Å²) in [5.41, 5.74) is 2.08. The first kappa shape index (κ1) is 23.5. The minimum atomic E-state index is -3.74. The quantitative estimate of drug-likeness (QED) is 0.357. The van der Waals surface area contributed by atoms with Crippen molar-refractivity contribution in [2.45, 2.75) is 11.4 Å². The van der Waals surface area contributed by atoms with Gasteiger partial charge in [-0.3, -0.25) is 9.52 Å². The molecule has 0 fully saturated rings. The SMILES string of the molecule is COc1ccc(NS(=O)(=O)c2ccc(C=CC(=O)N(C)Cc3nc4ccccc4s3)cc2)cc1. The van der Waals surface area contributed by atoms with Gasteiger partial charge in [0.1, 0.15) is 10.8 Å². The van der Waals surface area contributed by atoms with Crippen molar-refractivity contribution in [2.75, 3.05) is 18.9 Å². The molecular weight excluding hydrogens is 470 g/mol. The number of anilines is 1. The van der Waals surface area contributed by atoms with Gasteiger partial charge in [0.2, 0.25) is 5.91 Å². The second kappa shape index (κ2) is 10.1. The van der Waals surface area contributed by atoms with Crippen LogP contribution in [0.15, 0.2) is 83.8 Å². The van der Waals surface area contributed by atoms with Crippen LogP contribution < -0.4 is 9.46 Å². The number of thiazole rings is 1. The van der Waals surface area contributed by atoms with E-state index in [2.05, 4.69) is 9.71 Å². The van der Waals surface area contributed by atoms with E-state index in [1.54, 1.807) is 72.9 Å². The number of nitrogens with zero attached hydrogens (tertiary/aromatic N) is 2. The molecule has 1 N–H and O–H groups in total. The van der Waals surface area contributed by atoms with Gasteiger partial charge in [-0.15, -0.1) is 11.3 Å². The molecule has 9 heteroatoms. The predicted octanol–water partition coefficient (Wildman–Crippen LogP) is 4.78. The van der Waals surface area contributed by atoms with Gasteiger partial charge in [0.05, 0.1) is 28.8 Å². The molecule has 34 heavy (non-hydrogen) atoms. The molecule has 0 unspecified atom stereocenters. The van der Waals surface area contributed by atoms with Crippen LogP contribution in [-0.4, -0.2) is 38.4 Å². The van der Waals surface area contributed by atoms with Gasteiger partial charge in [0.25, 0.3) is 10.0 Å². The van der Waals surface area contributed by atoms with Crippen LogP contribution in [0.1, 0.15) is 10.6 Å². The van der Waals surface area contributed by atoms with E-state index in [0.29, 0.717) is 23.5 Å². The number of nitrogens with one attached hydrogen (secondary N) is 1. The summed E-state index contributed by atoms with van der Waals surface area (Å²) in [6, 6.07) is 20.8. The van der Waals surface area contributed by atoms with Crippen molar-refractivity contribution < 1.29 is 17.9 Å². The molecular formula is C25H23N3O4S2. The summed E-state index contributed by atoms with van der Waals surface area (Å²) < 4.78 is 34.0. The van der Waals surface area contributed by atoms with Crippen LogP contribution in [0.2, 0.25) is 0 Å². The van der Waals surface area contributed by atoms with Gasteiger partial charge in [-0.2, -0.15) is 0 Å². The third-order valence-corrected chi connectivity index (χ3v) is 7.46. The fourth-order valence-electron chi connectivity index (χ4n) is 3.19. The number of carbonyl (C=O) groups is 1. The number of hydrogen-bond acceptors (Lipinski definition) is 6. The van der Waals surface area contributed by atoms with E-state index < -0.39 is 10.0 Å². The van der Waals surface area contributed by atoms with Crippen molar-refractivity contribution in [1.82, 2.24) is 9.88 Å². The Morgan fingerprint density at radius 3 is 2.44 bits per heavy atom.